The lowest BCUT2D eigenvalue weighted by atomic mass is 10.2. The van der Waals surface area contributed by atoms with E-state index in [0.29, 0.717) is 10.2 Å². The smallest absolute Gasteiger partial charge is 0.305 e. The standard InChI is InChI=1S/C18H15ClFN3O4S2/c19-13-9-11(1-3-14(13)20)17(24)22-5-7-23(8-6-22)29(26,27)12-2-4-15-16(10-12)28-18(25)21-15/h1-4,9-10H,5-8H2,(H,21,25). The second-order valence-electron chi connectivity index (χ2n) is 6.50. The number of benzene rings is 2. The van der Waals surface area contributed by atoms with Crippen LogP contribution in [-0.2, 0) is 10.0 Å². The first-order chi connectivity index (χ1) is 13.8. The minimum absolute atomic E-state index is 0.102. The minimum atomic E-state index is -3.75. The van der Waals surface area contributed by atoms with Gasteiger partial charge in [0.15, 0.2) is 0 Å². The second kappa shape index (κ2) is 7.52. The molecule has 0 atom stereocenters. The summed E-state index contributed by atoms with van der Waals surface area (Å²) in [7, 11) is -3.75. The maximum Gasteiger partial charge on any atom is 0.305 e. The van der Waals surface area contributed by atoms with Gasteiger partial charge in [0.25, 0.3) is 5.91 Å². The summed E-state index contributed by atoms with van der Waals surface area (Å²) in [5.41, 5.74) is 0.841. The Morgan fingerprint density at radius 1 is 1.10 bits per heavy atom. The summed E-state index contributed by atoms with van der Waals surface area (Å²) in [5.74, 6) is -0.939. The molecule has 1 aromatic heterocycles. The molecule has 0 unspecified atom stereocenters. The van der Waals surface area contributed by atoms with Crippen LogP contribution in [0, 0.1) is 5.82 Å². The molecule has 1 amide bonds. The number of fused-ring (bicyclic) bond motifs is 1. The van der Waals surface area contributed by atoms with E-state index >= 15 is 0 Å². The molecule has 2 aromatic carbocycles. The molecule has 0 bridgehead atoms. The summed E-state index contributed by atoms with van der Waals surface area (Å²) in [5, 5.41) is -0.139. The van der Waals surface area contributed by atoms with Crippen LogP contribution >= 0.6 is 22.9 Å². The Bertz CT molecular complexity index is 1260. The number of aromatic nitrogens is 1. The number of hydrogen-bond donors (Lipinski definition) is 1. The van der Waals surface area contributed by atoms with Crippen molar-refractivity contribution in [2.45, 2.75) is 4.90 Å². The van der Waals surface area contributed by atoms with E-state index in [1.807, 2.05) is 0 Å². The van der Waals surface area contributed by atoms with Crippen LogP contribution in [0.25, 0.3) is 10.2 Å². The number of carbonyl (C=O) groups excluding carboxylic acids is 1. The second-order valence-corrected chi connectivity index (χ2v) is 9.86. The van der Waals surface area contributed by atoms with E-state index in [1.165, 1.54) is 33.5 Å². The molecule has 4 rings (SSSR count). The van der Waals surface area contributed by atoms with Gasteiger partial charge in [-0.05, 0) is 36.4 Å². The van der Waals surface area contributed by atoms with Crippen LogP contribution in [0.3, 0.4) is 0 Å². The van der Waals surface area contributed by atoms with Crippen molar-refractivity contribution in [3.05, 3.63) is 62.5 Å². The highest BCUT2D eigenvalue weighted by Gasteiger charge is 2.31. The van der Waals surface area contributed by atoms with Crippen molar-refractivity contribution in [1.29, 1.82) is 0 Å². The van der Waals surface area contributed by atoms with Gasteiger partial charge in [-0.3, -0.25) is 9.59 Å². The van der Waals surface area contributed by atoms with Crippen molar-refractivity contribution < 1.29 is 17.6 Å². The zero-order valence-corrected chi connectivity index (χ0v) is 17.3. The van der Waals surface area contributed by atoms with Crippen molar-refractivity contribution in [2.75, 3.05) is 26.2 Å². The van der Waals surface area contributed by atoms with Crippen molar-refractivity contribution in [3.63, 3.8) is 0 Å². The Kier molecular flexibility index (Phi) is 5.19. The average molecular weight is 456 g/mol. The molecule has 1 aliphatic heterocycles. The Hall–Kier alpha value is -2.27. The summed E-state index contributed by atoms with van der Waals surface area (Å²) in [6.45, 7) is 0.661. The third-order valence-corrected chi connectivity index (χ3v) is 7.75. The molecule has 11 heteroatoms. The first-order valence-corrected chi connectivity index (χ1v) is 11.3. The Balaban J connectivity index is 1.49. The van der Waals surface area contributed by atoms with Gasteiger partial charge in [0.2, 0.25) is 10.0 Å². The number of nitrogens with zero attached hydrogens (tertiary/aromatic N) is 2. The molecular formula is C18H15ClFN3O4S2. The van der Waals surface area contributed by atoms with Crippen molar-refractivity contribution in [2.24, 2.45) is 0 Å². The lowest BCUT2D eigenvalue weighted by molar-refractivity contribution is 0.0698. The number of piperazine rings is 1. The van der Waals surface area contributed by atoms with Crippen LogP contribution in [0.15, 0.2) is 46.1 Å². The molecule has 7 nitrogen and oxygen atoms in total. The molecule has 152 valence electrons. The average Bonchev–Trinajstić information content (AvgIpc) is 3.09. The first kappa shape index (κ1) is 20.0. The van der Waals surface area contributed by atoms with E-state index in [9.17, 15) is 22.4 Å². The topological polar surface area (TPSA) is 90.6 Å². The van der Waals surface area contributed by atoms with Crippen LogP contribution in [0.1, 0.15) is 10.4 Å². The monoisotopic (exact) mass is 455 g/mol. The van der Waals surface area contributed by atoms with Crippen LogP contribution in [-0.4, -0.2) is 54.7 Å². The molecule has 3 aromatic rings. The number of hydrogen-bond acceptors (Lipinski definition) is 5. The highest BCUT2D eigenvalue weighted by molar-refractivity contribution is 7.89. The largest absolute Gasteiger partial charge is 0.336 e. The van der Waals surface area contributed by atoms with Gasteiger partial charge in [0, 0.05) is 31.7 Å². The zero-order chi connectivity index (χ0) is 20.8. The number of amides is 1. The molecule has 0 radical (unpaired) electrons. The molecule has 1 saturated heterocycles. The fourth-order valence-electron chi connectivity index (χ4n) is 3.18. The van der Waals surface area contributed by atoms with Gasteiger partial charge in [0.05, 0.1) is 20.1 Å². The highest BCUT2D eigenvalue weighted by atomic mass is 35.5. The molecular weight excluding hydrogens is 441 g/mol. The van der Waals surface area contributed by atoms with Crippen LogP contribution in [0.2, 0.25) is 5.02 Å². The Morgan fingerprint density at radius 3 is 2.52 bits per heavy atom. The number of sulfonamides is 1. The third-order valence-electron chi connectivity index (χ3n) is 4.72. The maximum absolute atomic E-state index is 13.3. The predicted molar refractivity (Wildman–Crippen MR) is 109 cm³/mol. The van der Waals surface area contributed by atoms with Crippen LogP contribution in [0.5, 0.6) is 0 Å². The van der Waals surface area contributed by atoms with Gasteiger partial charge in [-0.15, -0.1) is 0 Å². The molecule has 1 fully saturated rings. The Morgan fingerprint density at radius 2 is 1.83 bits per heavy atom. The third kappa shape index (κ3) is 3.80. The first-order valence-electron chi connectivity index (χ1n) is 8.63. The molecule has 0 saturated carbocycles. The van der Waals surface area contributed by atoms with E-state index in [2.05, 4.69) is 4.98 Å². The number of thiazole rings is 1. The highest BCUT2D eigenvalue weighted by Crippen LogP contribution is 2.24. The van der Waals surface area contributed by atoms with Crippen molar-refractivity contribution >= 4 is 49.1 Å². The molecule has 1 aliphatic rings. The summed E-state index contributed by atoms with van der Waals surface area (Å²) >= 11 is 6.69. The van der Waals surface area contributed by atoms with Gasteiger partial charge >= 0.3 is 4.87 Å². The molecule has 29 heavy (non-hydrogen) atoms. The lowest BCUT2D eigenvalue weighted by Gasteiger charge is -2.34. The van der Waals surface area contributed by atoms with Crippen molar-refractivity contribution in [1.82, 2.24) is 14.2 Å². The van der Waals surface area contributed by atoms with Gasteiger partial charge in [-0.25, -0.2) is 12.8 Å². The number of H-pyrrole nitrogens is 1. The summed E-state index contributed by atoms with van der Waals surface area (Å²) < 4.78 is 41.1. The number of nitrogens with one attached hydrogen (secondary N) is 1. The molecule has 0 aliphatic carbocycles. The predicted octanol–water partition coefficient (Wildman–Crippen LogP) is 2.53. The van der Waals surface area contributed by atoms with E-state index < -0.39 is 15.8 Å². The SMILES string of the molecule is O=C(c1ccc(F)c(Cl)c1)N1CCN(S(=O)(=O)c2ccc3[nH]c(=O)sc3c2)CC1. The van der Waals surface area contributed by atoms with E-state index in [0.717, 1.165) is 17.4 Å². The quantitative estimate of drug-likeness (QED) is 0.657. The number of carbonyl (C=O) groups is 1. The van der Waals surface area contributed by atoms with Crippen molar-refractivity contribution in [3.8, 4) is 0 Å². The van der Waals surface area contributed by atoms with Gasteiger partial charge in [-0.2, -0.15) is 4.31 Å². The van der Waals surface area contributed by atoms with Crippen LogP contribution in [0.4, 0.5) is 4.39 Å². The van der Waals surface area contributed by atoms with E-state index in [-0.39, 0.29) is 52.4 Å². The molecule has 1 N–H and O–H groups in total. The summed E-state index contributed by atoms with van der Waals surface area (Å²) in [6, 6.07) is 8.24. The molecule has 2 heterocycles. The number of rotatable bonds is 3. The lowest BCUT2D eigenvalue weighted by Crippen LogP contribution is -2.50. The number of halogens is 2. The maximum atomic E-state index is 13.3. The fraction of sp³-hybridized carbons (Fsp3) is 0.222. The van der Waals surface area contributed by atoms with Gasteiger partial charge in [-0.1, -0.05) is 22.9 Å². The van der Waals surface area contributed by atoms with E-state index in [4.69, 9.17) is 11.6 Å². The fourth-order valence-corrected chi connectivity index (χ4v) is 5.66. The van der Waals surface area contributed by atoms with Gasteiger partial charge < -0.3 is 9.88 Å². The number of aromatic amines is 1. The Labute approximate surface area is 174 Å². The summed E-state index contributed by atoms with van der Waals surface area (Å²) in [4.78, 5) is 28.0. The minimum Gasteiger partial charge on any atom is -0.336 e. The van der Waals surface area contributed by atoms with Gasteiger partial charge in [0.1, 0.15) is 5.82 Å². The normalized spacial score (nSPS) is 15.7. The van der Waals surface area contributed by atoms with E-state index in [1.54, 1.807) is 6.07 Å². The zero-order valence-electron chi connectivity index (χ0n) is 14.9. The summed E-state index contributed by atoms with van der Waals surface area (Å²) in [6.07, 6.45) is 0. The molecule has 0 spiro atoms. The van der Waals surface area contributed by atoms with Crippen LogP contribution < -0.4 is 4.87 Å².